The zero-order valence-corrected chi connectivity index (χ0v) is 17.5. The molecule has 0 bridgehead atoms. The molecule has 1 rings (SSSR count). The fourth-order valence-corrected chi connectivity index (χ4v) is 3.34. The maximum absolute atomic E-state index is 11.8. The van der Waals surface area contributed by atoms with Crippen molar-refractivity contribution in [3.63, 3.8) is 0 Å². The van der Waals surface area contributed by atoms with Crippen molar-refractivity contribution in [3.8, 4) is 0 Å². The molecule has 6 atom stereocenters. The Bertz CT molecular complexity index is 418. The molecule has 0 aliphatic carbocycles. The maximum atomic E-state index is 11.8. The summed E-state index contributed by atoms with van der Waals surface area (Å²) >= 11 is 0. The third kappa shape index (κ3) is 9.65. The number of aliphatic hydroxyl groups excluding tert-OH is 4. The second-order valence-corrected chi connectivity index (χ2v) is 8.10. The summed E-state index contributed by atoms with van der Waals surface area (Å²) in [5.74, 6) is 0.449. The predicted octanol–water partition coefficient (Wildman–Crippen LogP) is 2.28. The van der Waals surface area contributed by atoms with E-state index in [0.717, 1.165) is 25.2 Å². The molecule has 0 amide bonds. The van der Waals surface area contributed by atoms with Gasteiger partial charge in [0.25, 0.3) is 0 Å². The van der Waals surface area contributed by atoms with Crippen LogP contribution in [0.25, 0.3) is 0 Å². The molecular formula is C21H40O7. The molecule has 1 aliphatic heterocycles. The standard InChI is InChI=1S/C21H40O7/c1-3-15(2)12-10-8-6-4-5-7-9-11-13-17(22)27-14-16-18(23)19(24)20(25)21(26)28-16/h15-16,18-21,23-26H,3-14H2,1-2H3/t15?,16-,18-,19+,20-,21-/m1/s1. The summed E-state index contributed by atoms with van der Waals surface area (Å²) in [6, 6.07) is 0. The smallest absolute Gasteiger partial charge is 0.305 e. The minimum Gasteiger partial charge on any atom is -0.463 e. The van der Waals surface area contributed by atoms with Gasteiger partial charge in [0.2, 0.25) is 0 Å². The van der Waals surface area contributed by atoms with Crippen LogP contribution in [0.3, 0.4) is 0 Å². The first-order chi connectivity index (χ1) is 13.4. The van der Waals surface area contributed by atoms with Gasteiger partial charge >= 0.3 is 5.97 Å². The van der Waals surface area contributed by atoms with Gasteiger partial charge in [-0.3, -0.25) is 4.79 Å². The van der Waals surface area contributed by atoms with Gasteiger partial charge in [-0.25, -0.2) is 0 Å². The number of rotatable bonds is 14. The lowest BCUT2D eigenvalue weighted by atomic mass is 9.99. The van der Waals surface area contributed by atoms with Crippen molar-refractivity contribution >= 4 is 5.97 Å². The maximum Gasteiger partial charge on any atom is 0.305 e. The number of aliphatic hydroxyl groups is 4. The minimum atomic E-state index is -1.61. The van der Waals surface area contributed by atoms with Crippen LogP contribution in [0.4, 0.5) is 0 Å². The molecule has 0 aromatic rings. The van der Waals surface area contributed by atoms with Crippen molar-refractivity contribution in [2.75, 3.05) is 6.61 Å². The molecular weight excluding hydrogens is 364 g/mol. The molecule has 7 nitrogen and oxygen atoms in total. The average Bonchev–Trinajstić information content (AvgIpc) is 2.69. The van der Waals surface area contributed by atoms with Crippen LogP contribution in [0.15, 0.2) is 0 Å². The number of carbonyl (C=O) groups is 1. The largest absolute Gasteiger partial charge is 0.463 e. The quantitative estimate of drug-likeness (QED) is 0.259. The molecule has 0 aromatic heterocycles. The van der Waals surface area contributed by atoms with Crippen molar-refractivity contribution < 1.29 is 34.7 Å². The first-order valence-corrected chi connectivity index (χ1v) is 10.9. The van der Waals surface area contributed by atoms with Gasteiger partial charge in [-0.15, -0.1) is 0 Å². The first kappa shape index (κ1) is 25.3. The molecule has 0 spiro atoms. The Labute approximate surface area is 169 Å². The summed E-state index contributed by atoms with van der Waals surface area (Å²) < 4.78 is 10.0. The van der Waals surface area contributed by atoms with Gasteiger partial charge in [-0.1, -0.05) is 71.6 Å². The number of ether oxygens (including phenoxy) is 2. The van der Waals surface area contributed by atoms with Crippen LogP contribution in [-0.4, -0.2) is 63.7 Å². The highest BCUT2D eigenvalue weighted by Gasteiger charge is 2.43. The van der Waals surface area contributed by atoms with E-state index in [0.29, 0.717) is 6.42 Å². The predicted molar refractivity (Wildman–Crippen MR) is 105 cm³/mol. The van der Waals surface area contributed by atoms with Gasteiger partial charge in [-0.2, -0.15) is 0 Å². The van der Waals surface area contributed by atoms with E-state index in [-0.39, 0.29) is 6.61 Å². The van der Waals surface area contributed by atoms with Crippen LogP contribution in [0.5, 0.6) is 0 Å². The van der Waals surface area contributed by atoms with Crippen molar-refractivity contribution in [2.24, 2.45) is 5.92 Å². The van der Waals surface area contributed by atoms with Crippen LogP contribution in [-0.2, 0) is 14.3 Å². The highest BCUT2D eigenvalue weighted by atomic mass is 16.6. The number of hydrogen-bond donors (Lipinski definition) is 4. The number of unbranched alkanes of at least 4 members (excludes halogenated alkanes) is 7. The SMILES string of the molecule is CCC(C)CCCCCCCCCCC(=O)OC[C@H]1O[C@@H](O)[C@H](O)[C@@H](O)[C@@H]1O. The number of esters is 1. The van der Waals surface area contributed by atoms with E-state index in [2.05, 4.69) is 13.8 Å². The lowest BCUT2D eigenvalue weighted by molar-refractivity contribution is -0.287. The van der Waals surface area contributed by atoms with Crippen LogP contribution in [0, 0.1) is 5.92 Å². The molecule has 0 radical (unpaired) electrons. The third-order valence-corrected chi connectivity index (χ3v) is 5.62. The van der Waals surface area contributed by atoms with E-state index in [9.17, 15) is 25.2 Å². The third-order valence-electron chi connectivity index (χ3n) is 5.62. The Morgan fingerprint density at radius 1 is 0.893 bits per heavy atom. The molecule has 0 aromatic carbocycles. The molecule has 7 heteroatoms. The van der Waals surface area contributed by atoms with E-state index in [1.54, 1.807) is 0 Å². The fourth-order valence-electron chi connectivity index (χ4n) is 3.34. The van der Waals surface area contributed by atoms with E-state index in [4.69, 9.17) is 9.47 Å². The summed E-state index contributed by atoms with van der Waals surface area (Å²) in [6.07, 6.45) is 4.90. The van der Waals surface area contributed by atoms with E-state index in [1.807, 2.05) is 0 Å². The zero-order chi connectivity index (χ0) is 20.9. The van der Waals surface area contributed by atoms with Crippen LogP contribution in [0.1, 0.15) is 84.5 Å². The fraction of sp³-hybridized carbons (Fsp3) is 0.952. The molecule has 166 valence electrons. The highest BCUT2D eigenvalue weighted by molar-refractivity contribution is 5.69. The van der Waals surface area contributed by atoms with Gasteiger partial charge in [0, 0.05) is 6.42 Å². The van der Waals surface area contributed by atoms with Gasteiger partial charge in [0.15, 0.2) is 6.29 Å². The lowest BCUT2D eigenvalue weighted by Crippen LogP contribution is -2.58. The summed E-state index contributed by atoms with van der Waals surface area (Å²) in [7, 11) is 0. The molecule has 28 heavy (non-hydrogen) atoms. The van der Waals surface area contributed by atoms with Crippen molar-refractivity contribution in [1.82, 2.24) is 0 Å². The summed E-state index contributed by atoms with van der Waals surface area (Å²) in [5.41, 5.74) is 0. The summed E-state index contributed by atoms with van der Waals surface area (Å²) in [5, 5.41) is 38.2. The Morgan fingerprint density at radius 3 is 2.07 bits per heavy atom. The van der Waals surface area contributed by atoms with E-state index in [1.165, 1.54) is 44.9 Å². The van der Waals surface area contributed by atoms with Crippen LogP contribution >= 0.6 is 0 Å². The van der Waals surface area contributed by atoms with E-state index < -0.39 is 36.7 Å². The average molecular weight is 405 g/mol. The Morgan fingerprint density at radius 2 is 1.46 bits per heavy atom. The van der Waals surface area contributed by atoms with Crippen molar-refractivity contribution in [3.05, 3.63) is 0 Å². The second kappa shape index (κ2) is 14.3. The normalized spacial score (nSPS) is 28.9. The highest BCUT2D eigenvalue weighted by Crippen LogP contribution is 2.20. The lowest BCUT2D eigenvalue weighted by Gasteiger charge is -2.37. The molecule has 1 unspecified atom stereocenters. The molecule has 1 saturated heterocycles. The monoisotopic (exact) mass is 404 g/mol. The number of carbonyl (C=O) groups excluding carboxylic acids is 1. The van der Waals surface area contributed by atoms with Gasteiger partial charge in [-0.05, 0) is 12.3 Å². The molecule has 1 heterocycles. The molecule has 0 saturated carbocycles. The summed E-state index contributed by atoms with van der Waals surface area (Å²) in [6.45, 7) is 4.29. The van der Waals surface area contributed by atoms with Crippen LogP contribution < -0.4 is 0 Å². The van der Waals surface area contributed by atoms with E-state index >= 15 is 0 Å². The van der Waals surface area contributed by atoms with Gasteiger partial charge in [0.1, 0.15) is 31.0 Å². The minimum absolute atomic E-state index is 0.266. The van der Waals surface area contributed by atoms with Gasteiger partial charge in [0.05, 0.1) is 0 Å². The molecule has 1 aliphatic rings. The first-order valence-electron chi connectivity index (χ1n) is 10.9. The van der Waals surface area contributed by atoms with Gasteiger partial charge < -0.3 is 29.9 Å². The van der Waals surface area contributed by atoms with Crippen molar-refractivity contribution in [1.29, 1.82) is 0 Å². The number of hydrogen-bond acceptors (Lipinski definition) is 7. The summed E-state index contributed by atoms with van der Waals surface area (Å²) in [4.78, 5) is 11.8. The molecule has 1 fully saturated rings. The van der Waals surface area contributed by atoms with Crippen molar-refractivity contribution in [2.45, 2.75) is 115 Å². The van der Waals surface area contributed by atoms with Crippen LogP contribution in [0.2, 0.25) is 0 Å². The zero-order valence-electron chi connectivity index (χ0n) is 17.5. The topological polar surface area (TPSA) is 116 Å². The Balaban J connectivity index is 1.98. The second-order valence-electron chi connectivity index (χ2n) is 8.10. The Kier molecular flexibility index (Phi) is 12.9. The Hall–Kier alpha value is -0.730. The molecule has 4 N–H and O–H groups in total.